The fourth-order valence-electron chi connectivity index (χ4n) is 3.44. The Kier molecular flexibility index (Phi) is 2.54. The van der Waals surface area contributed by atoms with Crippen LogP contribution in [0.5, 0.6) is 0 Å². The molecule has 3 heteroatoms. The van der Waals surface area contributed by atoms with Crippen LogP contribution >= 0.6 is 15.9 Å². The molecular formula is C12H18BrNO. The van der Waals surface area contributed by atoms with Crippen molar-refractivity contribution in [1.82, 2.24) is 4.90 Å². The predicted octanol–water partition coefficient (Wildman–Crippen LogP) is 2.42. The van der Waals surface area contributed by atoms with E-state index >= 15 is 0 Å². The summed E-state index contributed by atoms with van der Waals surface area (Å²) in [7, 11) is 0. The van der Waals surface area contributed by atoms with Crippen molar-refractivity contribution in [2.24, 2.45) is 17.8 Å². The zero-order valence-electron chi connectivity index (χ0n) is 8.99. The van der Waals surface area contributed by atoms with Gasteiger partial charge in [-0.3, -0.25) is 4.79 Å². The Bertz CT molecular complexity index is 271. The summed E-state index contributed by atoms with van der Waals surface area (Å²) in [5, 5.41) is 0.957. The van der Waals surface area contributed by atoms with E-state index < -0.39 is 0 Å². The van der Waals surface area contributed by atoms with Crippen LogP contribution < -0.4 is 0 Å². The standard InChI is InChI=1S/C12H18BrNO/c13-7-11-2-1-3-14(11)12(15)10-5-8-4-9(8)6-10/h8-11H,1-7H2. The summed E-state index contributed by atoms with van der Waals surface area (Å²) < 4.78 is 0. The van der Waals surface area contributed by atoms with Crippen LogP contribution in [0.15, 0.2) is 0 Å². The maximum Gasteiger partial charge on any atom is 0.225 e. The van der Waals surface area contributed by atoms with Gasteiger partial charge in [-0.1, -0.05) is 15.9 Å². The first-order chi connectivity index (χ1) is 7.29. The van der Waals surface area contributed by atoms with Crippen LogP contribution in [-0.4, -0.2) is 28.7 Å². The summed E-state index contributed by atoms with van der Waals surface area (Å²) in [6, 6.07) is 0.481. The minimum Gasteiger partial charge on any atom is -0.339 e. The van der Waals surface area contributed by atoms with Crippen LogP contribution in [-0.2, 0) is 4.79 Å². The third kappa shape index (κ3) is 1.73. The molecule has 0 aromatic rings. The van der Waals surface area contributed by atoms with E-state index in [-0.39, 0.29) is 0 Å². The van der Waals surface area contributed by atoms with Gasteiger partial charge in [-0.25, -0.2) is 0 Å². The van der Waals surface area contributed by atoms with Crippen molar-refractivity contribution in [3.8, 4) is 0 Å². The number of rotatable bonds is 2. The Morgan fingerprint density at radius 2 is 2.00 bits per heavy atom. The van der Waals surface area contributed by atoms with Gasteiger partial charge in [0.15, 0.2) is 0 Å². The van der Waals surface area contributed by atoms with Crippen molar-refractivity contribution in [3.63, 3.8) is 0 Å². The van der Waals surface area contributed by atoms with Crippen LogP contribution in [0, 0.1) is 17.8 Å². The molecule has 84 valence electrons. The molecule has 3 unspecified atom stereocenters. The molecule has 1 heterocycles. The van der Waals surface area contributed by atoms with Crippen LogP contribution in [0.3, 0.4) is 0 Å². The molecule has 1 aliphatic heterocycles. The van der Waals surface area contributed by atoms with E-state index in [1.807, 2.05) is 0 Å². The molecule has 15 heavy (non-hydrogen) atoms. The third-order valence-electron chi connectivity index (χ3n) is 4.43. The lowest BCUT2D eigenvalue weighted by Crippen LogP contribution is -2.40. The highest BCUT2D eigenvalue weighted by Gasteiger charge is 2.49. The van der Waals surface area contributed by atoms with Gasteiger partial charge in [-0.15, -0.1) is 0 Å². The van der Waals surface area contributed by atoms with Crippen LogP contribution in [0.4, 0.5) is 0 Å². The van der Waals surface area contributed by atoms with Crippen molar-refractivity contribution in [2.75, 3.05) is 11.9 Å². The zero-order valence-corrected chi connectivity index (χ0v) is 10.6. The number of carbonyl (C=O) groups is 1. The lowest BCUT2D eigenvalue weighted by molar-refractivity contribution is -0.136. The molecule has 1 saturated heterocycles. The van der Waals surface area contributed by atoms with E-state index in [2.05, 4.69) is 20.8 Å². The number of amides is 1. The Balaban J connectivity index is 1.63. The molecule has 0 spiro atoms. The molecule has 0 radical (unpaired) electrons. The van der Waals surface area contributed by atoms with Gasteiger partial charge in [0.25, 0.3) is 0 Å². The van der Waals surface area contributed by atoms with E-state index in [4.69, 9.17) is 0 Å². The summed E-state index contributed by atoms with van der Waals surface area (Å²) in [4.78, 5) is 14.4. The molecular weight excluding hydrogens is 254 g/mol. The number of carbonyl (C=O) groups excluding carboxylic acids is 1. The van der Waals surface area contributed by atoms with Crippen molar-refractivity contribution < 1.29 is 4.79 Å². The largest absolute Gasteiger partial charge is 0.339 e. The van der Waals surface area contributed by atoms with E-state index in [1.54, 1.807) is 0 Å². The number of nitrogens with zero attached hydrogens (tertiary/aromatic N) is 1. The average molecular weight is 272 g/mol. The summed E-state index contributed by atoms with van der Waals surface area (Å²) in [6.07, 6.45) is 6.17. The molecule has 0 aromatic heterocycles. The number of likely N-dealkylation sites (tertiary alicyclic amines) is 1. The van der Waals surface area contributed by atoms with Gasteiger partial charge in [0.05, 0.1) is 0 Å². The minimum absolute atomic E-state index is 0.383. The number of hydrogen-bond acceptors (Lipinski definition) is 1. The summed E-state index contributed by atoms with van der Waals surface area (Å²) in [5.74, 6) is 2.69. The maximum atomic E-state index is 12.3. The van der Waals surface area contributed by atoms with Gasteiger partial charge < -0.3 is 4.90 Å². The fraction of sp³-hybridized carbons (Fsp3) is 0.917. The van der Waals surface area contributed by atoms with Gasteiger partial charge in [0.2, 0.25) is 5.91 Å². The van der Waals surface area contributed by atoms with Crippen LogP contribution in [0.2, 0.25) is 0 Å². The van der Waals surface area contributed by atoms with Crippen molar-refractivity contribution in [1.29, 1.82) is 0 Å². The Labute approximate surface area is 99.5 Å². The molecule has 1 amide bonds. The normalized spacial score (nSPS) is 43.1. The number of hydrogen-bond donors (Lipinski definition) is 0. The second-order valence-electron chi connectivity index (χ2n) is 5.41. The lowest BCUT2D eigenvalue weighted by Gasteiger charge is -2.26. The molecule has 3 aliphatic rings. The molecule has 3 atom stereocenters. The van der Waals surface area contributed by atoms with Gasteiger partial charge in [-0.05, 0) is 43.9 Å². The molecule has 3 rings (SSSR count). The molecule has 0 bridgehead atoms. The summed E-state index contributed by atoms with van der Waals surface area (Å²) in [5.41, 5.74) is 0. The highest BCUT2D eigenvalue weighted by atomic mass is 79.9. The molecule has 0 N–H and O–H groups in total. The van der Waals surface area contributed by atoms with Crippen molar-refractivity contribution in [2.45, 2.75) is 38.1 Å². The molecule has 2 nitrogen and oxygen atoms in total. The predicted molar refractivity (Wildman–Crippen MR) is 62.9 cm³/mol. The van der Waals surface area contributed by atoms with Gasteiger partial charge in [0.1, 0.15) is 0 Å². The topological polar surface area (TPSA) is 20.3 Å². The van der Waals surface area contributed by atoms with E-state index in [1.165, 1.54) is 32.1 Å². The minimum atomic E-state index is 0.383. The molecule has 2 saturated carbocycles. The highest BCUT2D eigenvalue weighted by Crippen LogP contribution is 2.54. The number of alkyl halides is 1. The number of halogens is 1. The van der Waals surface area contributed by atoms with Crippen molar-refractivity contribution >= 4 is 21.8 Å². The summed E-state index contributed by atoms with van der Waals surface area (Å²) >= 11 is 3.52. The highest BCUT2D eigenvalue weighted by molar-refractivity contribution is 9.09. The maximum absolute atomic E-state index is 12.3. The lowest BCUT2D eigenvalue weighted by atomic mass is 10.0. The number of fused-ring (bicyclic) bond motifs is 1. The van der Waals surface area contributed by atoms with Crippen LogP contribution in [0.1, 0.15) is 32.1 Å². The van der Waals surface area contributed by atoms with Crippen LogP contribution in [0.25, 0.3) is 0 Å². The monoisotopic (exact) mass is 271 g/mol. The van der Waals surface area contributed by atoms with Gasteiger partial charge >= 0.3 is 0 Å². The summed E-state index contributed by atoms with van der Waals surface area (Å²) in [6.45, 7) is 1.00. The Morgan fingerprint density at radius 3 is 2.67 bits per heavy atom. The first kappa shape index (κ1) is 10.1. The van der Waals surface area contributed by atoms with E-state index in [0.29, 0.717) is 17.9 Å². The molecule has 2 aliphatic carbocycles. The Hall–Kier alpha value is -0.0500. The quantitative estimate of drug-likeness (QED) is 0.707. The third-order valence-corrected chi connectivity index (χ3v) is 5.18. The van der Waals surface area contributed by atoms with Crippen molar-refractivity contribution in [3.05, 3.63) is 0 Å². The van der Waals surface area contributed by atoms with Gasteiger partial charge in [0, 0.05) is 23.8 Å². The van der Waals surface area contributed by atoms with E-state index in [0.717, 1.165) is 23.7 Å². The smallest absolute Gasteiger partial charge is 0.225 e. The SMILES string of the molecule is O=C(C1CC2CC2C1)N1CCCC1CBr. The second-order valence-corrected chi connectivity index (χ2v) is 6.05. The van der Waals surface area contributed by atoms with Gasteiger partial charge in [-0.2, -0.15) is 0 Å². The fourth-order valence-corrected chi connectivity index (χ4v) is 4.11. The van der Waals surface area contributed by atoms with E-state index in [9.17, 15) is 4.79 Å². The Morgan fingerprint density at radius 1 is 1.27 bits per heavy atom. The first-order valence-electron chi connectivity index (χ1n) is 6.16. The second kappa shape index (κ2) is 3.76. The first-order valence-corrected chi connectivity index (χ1v) is 7.28. The average Bonchev–Trinajstić information content (AvgIpc) is 2.72. The zero-order chi connectivity index (χ0) is 10.4. The molecule has 3 fully saturated rings. The molecule has 0 aromatic carbocycles.